The second kappa shape index (κ2) is 5.66. The van der Waals surface area contributed by atoms with Crippen LogP contribution in [0.1, 0.15) is 12.0 Å². The molecule has 82 valence electrons. The van der Waals surface area contributed by atoms with E-state index in [1.165, 1.54) is 7.11 Å². The first kappa shape index (κ1) is 11.9. The second-order valence-corrected chi connectivity index (χ2v) is 4.36. The zero-order chi connectivity index (χ0) is 11.3. The summed E-state index contributed by atoms with van der Waals surface area (Å²) in [4.78, 5) is 11.9. The lowest BCUT2D eigenvalue weighted by Gasteiger charge is -2.04. The fourth-order valence-electron chi connectivity index (χ4n) is 1.06. The predicted molar refractivity (Wildman–Crippen MR) is 62.9 cm³/mol. The van der Waals surface area contributed by atoms with E-state index in [0.717, 1.165) is 21.9 Å². The standard InChI is InChI=1S/C11H15NO2S/c1-8-3-4-9(7-10(8)12)15-6-5-11(13)14-2/h3-4,7H,5-6,12H2,1-2H3. The molecule has 0 aliphatic rings. The first-order valence-electron chi connectivity index (χ1n) is 4.69. The van der Waals surface area contributed by atoms with Crippen molar-refractivity contribution in [3.63, 3.8) is 0 Å². The average Bonchev–Trinajstić information content (AvgIpc) is 2.23. The van der Waals surface area contributed by atoms with Crippen LogP contribution in [0, 0.1) is 6.92 Å². The number of benzene rings is 1. The lowest BCUT2D eigenvalue weighted by atomic mass is 10.2. The molecule has 3 nitrogen and oxygen atoms in total. The van der Waals surface area contributed by atoms with Gasteiger partial charge in [-0.25, -0.2) is 0 Å². The topological polar surface area (TPSA) is 52.3 Å². The summed E-state index contributed by atoms with van der Waals surface area (Å²) in [5, 5.41) is 0. The number of ether oxygens (including phenoxy) is 1. The predicted octanol–water partition coefficient (Wildman–Crippen LogP) is 2.23. The Bertz CT molecular complexity index is 352. The van der Waals surface area contributed by atoms with Crippen LogP contribution < -0.4 is 5.73 Å². The zero-order valence-corrected chi connectivity index (χ0v) is 9.76. The summed E-state index contributed by atoms with van der Waals surface area (Å²) in [5.41, 5.74) is 7.64. The highest BCUT2D eigenvalue weighted by Gasteiger charge is 2.02. The van der Waals surface area contributed by atoms with Crippen LogP contribution in [0.3, 0.4) is 0 Å². The van der Waals surface area contributed by atoms with Crippen molar-refractivity contribution in [3.8, 4) is 0 Å². The van der Waals surface area contributed by atoms with E-state index in [2.05, 4.69) is 4.74 Å². The highest BCUT2D eigenvalue weighted by atomic mass is 32.2. The van der Waals surface area contributed by atoms with Gasteiger partial charge in [-0.15, -0.1) is 11.8 Å². The molecule has 0 radical (unpaired) electrons. The number of carbonyl (C=O) groups excluding carboxylic acids is 1. The molecule has 0 aliphatic carbocycles. The number of thioether (sulfide) groups is 1. The smallest absolute Gasteiger partial charge is 0.306 e. The van der Waals surface area contributed by atoms with E-state index in [1.807, 2.05) is 25.1 Å². The Kier molecular flexibility index (Phi) is 4.49. The van der Waals surface area contributed by atoms with Crippen molar-refractivity contribution < 1.29 is 9.53 Å². The molecule has 0 bridgehead atoms. The Morgan fingerprint density at radius 3 is 2.87 bits per heavy atom. The number of nitrogen functional groups attached to an aromatic ring is 1. The number of carbonyl (C=O) groups is 1. The van der Waals surface area contributed by atoms with Gasteiger partial charge in [0.2, 0.25) is 0 Å². The van der Waals surface area contributed by atoms with Gasteiger partial charge in [-0.3, -0.25) is 4.79 Å². The molecule has 0 aromatic heterocycles. The van der Waals surface area contributed by atoms with Gasteiger partial charge in [-0.1, -0.05) is 6.07 Å². The van der Waals surface area contributed by atoms with Crippen LogP contribution in [0.25, 0.3) is 0 Å². The molecular formula is C11H15NO2S. The van der Waals surface area contributed by atoms with Gasteiger partial charge in [0.1, 0.15) is 0 Å². The van der Waals surface area contributed by atoms with Crippen LogP contribution in [-0.4, -0.2) is 18.8 Å². The second-order valence-electron chi connectivity index (χ2n) is 3.19. The highest BCUT2D eigenvalue weighted by Crippen LogP contribution is 2.23. The first-order chi connectivity index (χ1) is 7.13. The molecule has 0 aliphatic heterocycles. The fourth-order valence-corrected chi connectivity index (χ4v) is 1.94. The summed E-state index contributed by atoms with van der Waals surface area (Å²) in [6.45, 7) is 1.97. The number of anilines is 1. The summed E-state index contributed by atoms with van der Waals surface area (Å²) >= 11 is 1.61. The molecule has 0 atom stereocenters. The number of hydrogen-bond donors (Lipinski definition) is 1. The Balaban J connectivity index is 2.44. The molecule has 0 saturated carbocycles. The van der Waals surface area contributed by atoms with Crippen molar-refractivity contribution in [2.24, 2.45) is 0 Å². The maximum absolute atomic E-state index is 10.9. The highest BCUT2D eigenvalue weighted by molar-refractivity contribution is 7.99. The third-order valence-corrected chi connectivity index (χ3v) is 3.05. The van der Waals surface area contributed by atoms with Crippen molar-refractivity contribution in [1.29, 1.82) is 0 Å². The quantitative estimate of drug-likeness (QED) is 0.485. The third-order valence-electron chi connectivity index (χ3n) is 2.05. The van der Waals surface area contributed by atoms with Gasteiger partial charge in [0.05, 0.1) is 13.5 Å². The summed E-state index contributed by atoms with van der Waals surface area (Å²) in [6.07, 6.45) is 0.426. The van der Waals surface area contributed by atoms with Crippen LogP contribution in [0.15, 0.2) is 23.1 Å². The molecule has 2 N–H and O–H groups in total. The minimum Gasteiger partial charge on any atom is -0.469 e. The number of hydrogen-bond acceptors (Lipinski definition) is 4. The minimum atomic E-state index is -0.178. The maximum atomic E-state index is 10.9. The number of methoxy groups -OCH3 is 1. The summed E-state index contributed by atoms with van der Waals surface area (Å²) in [6, 6.07) is 5.92. The number of esters is 1. The van der Waals surface area contributed by atoms with Crippen molar-refractivity contribution in [3.05, 3.63) is 23.8 Å². The molecule has 1 aromatic carbocycles. The maximum Gasteiger partial charge on any atom is 0.306 e. The zero-order valence-electron chi connectivity index (χ0n) is 8.95. The van der Waals surface area contributed by atoms with Gasteiger partial charge in [-0.2, -0.15) is 0 Å². The van der Waals surface area contributed by atoms with Gasteiger partial charge in [-0.05, 0) is 24.6 Å². The lowest BCUT2D eigenvalue weighted by Crippen LogP contribution is -2.01. The Morgan fingerprint density at radius 1 is 1.53 bits per heavy atom. The van der Waals surface area contributed by atoms with E-state index in [-0.39, 0.29) is 5.97 Å². The van der Waals surface area contributed by atoms with Crippen molar-refractivity contribution >= 4 is 23.4 Å². The third kappa shape index (κ3) is 3.83. The van der Waals surface area contributed by atoms with E-state index in [9.17, 15) is 4.79 Å². The van der Waals surface area contributed by atoms with E-state index in [4.69, 9.17) is 5.73 Å². The summed E-state index contributed by atoms with van der Waals surface area (Å²) < 4.78 is 4.55. The Labute approximate surface area is 94.0 Å². The molecule has 0 spiro atoms. The molecule has 0 saturated heterocycles. The van der Waals surface area contributed by atoms with Crippen LogP contribution >= 0.6 is 11.8 Å². The van der Waals surface area contributed by atoms with Crippen LogP contribution in [0.4, 0.5) is 5.69 Å². The fraction of sp³-hybridized carbons (Fsp3) is 0.364. The van der Waals surface area contributed by atoms with Crippen LogP contribution in [0.5, 0.6) is 0 Å². The summed E-state index contributed by atoms with van der Waals surface area (Å²) in [5.74, 6) is 0.539. The average molecular weight is 225 g/mol. The molecule has 0 fully saturated rings. The number of nitrogens with two attached hydrogens (primary N) is 1. The lowest BCUT2D eigenvalue weighted by molar-refractivity contribution is -0.140. The molecule has 15 heavy (non-hydrogen) atoms. The molecule has 1 aromatic rings. The number of aryl methyl sites for hydroxylation is 1. The van der Waals surface area contributed by atoms with E-state index < -0.39 is 0 Å². The van der Waals surface area contributed by atoms with Crippen LogP contribution in [0.2, 0.25) is 0 Å². The molecule has 0 unspecified atom stereocenters. The summed E-state index contributed by atoms with van der Waals surface area (Å²) in [7, 11) is 1.40. The van der Waals surface area contributed by atoms with E-state index in [1.54, 1.807) is 11.8 Å². The van der Waals surface area contributed by atoms with E-state index >= 15 is 0 Å². The largest absolute Gasteiger partial charge is 0.469 e. The van der Waals surface area contributed by atoms with Gasteiger partial charge in [0.15, 0.2) is 0 Å². The van der Waals surface area contributed by atoms with Crippen molar-refractivity contribution in [2.45, 2.75) is 18.2 Å². The van der Waals surface area contributed by atoms with Crippen LogP contribution in [-0.2, 0) is 9.53 Å². The van der Waals surface area contributed by atoms with Gasteiger partial charge < -0.3 is 10.5 Å². The van der Waals surface area contributed by atoms with Crippen molar-refractivity contribution in [2.75, 3.05) is 18.6 Å². The minimum absolute atomic E-state index is 0.178. The molecule has 4 heteroatoms. The number of rotatable bonds is 4. The molecule has 1 rings (SSSR count). The van der Waals surface area contributed by atoms with Gasteiger partial charge in [0, 0.05) is 16.3 Å². The first-order valence-corrected chi connectivity index (χ1v) is 5.68. The normalized spacial score (nSPS) is 10.0. The molecule has 0 heterocycles. The molecule has 0 amide bonds. The Morgan fingerprint density at radius 2 is 2.27 bits per heavy atom. The van der Waals surface area contributed by atoms with E-state index in [0.29, 0.717) is 6.42 Å². The molecular weight excluding hydrogens is 210 g/mol. The monoisotopic (exact) mass is 225 g/mol. The van der Waals surface area contributed by atoms with Gasteiger partial charge in [0.25, 0.3) is 0 Å². The van der Waals surface area contributed by atoms with Gasteiger partial charge >= 0.3 is 5.97 Å². The Hall–Kier alpha value is -1.16. The SMILES string of the molecule is COC(=O)CCSc1ccc(C)c(N)c1. The van der Waals surface area contributed by atoms with Crippen molar-refractivity contribution in [1.82, 2.24) is 0 Å².